The maximum absolute atomic E-state index is 13.7. The number of ether oxygens (including phenoxy) is 1. The van der Waals surface area contributed by atoms with Crippen molar-refractivity contribution in [3.8, 4) is 0 Å². The van der Waals surface area contributed by atoms with Gasteiger partial charge < -0.3 is 19.9 Å². The van der Waals surface area contributed by atoms with Crippen LogP contribution in [0.25, 0.3) is 0 Å². The fourth-order valence-electron chi connectivity index (χ4n) is 3.24. The third-order valence-electron chi connectivity index (χ3n) is 4.68. The Morgan fingerprint density at radius 3 is 2.43 bits per heavy atom. The van der Waals surface area contributed by atoms with Gasteiger partial charge in [-0.15, -0.1) is 0 Å². The van der Waals surface area contributed by atoms with Gasteiger partial charge in [-0.25, -0.2) is 13.6 Å². The van der Waals surface area contributed by atoms with Crippen molar-refractivity contribution in [1.29, 1.82) is 0 Å². The van der Waals surface area contributed by atoms with Crippen molar-refractivity contribution >= 4 is 23.6 Å². The van der Waals surface area contributed by atoms with Crippen LogP contribution in [0.2, 0.25) is 0 Å². The van der Waals surface area contributed by atoms with Gasteiger partial charge in [0.1, 0.15) is 22.9 Å². The minimum atomic E-state index is -0.891. The molecule has 1 aromatic rings. The van der Waals surface area contributed by atoms with Gasteiger partial charge in [0.15, 0.2) is 0 Å². The molecule has 1 heterocycles. The SMILES string of the molecule is CCN(CC(=O)Nc1c(F)cccc1F)C(=O)C1CCCN(C(=O)OC(C)(C)C)C1. The summed E-state index contributed by atoms with van der Waals surface area (Å²) in [5.41, 5.74) is -1.18. The van der Waals surface area contributed by atoms with Crippen molar-refractivity contribution in [1.82, 2.24) is 9.80 Å². The Morgan fingerprint density at radius 2 is 1.87 bits per heavy atom. The molecule has 0 saturated carbocycles. The van der Waals surface area contributed by atoms with E-state index < -0.39 is 40.8 Å². The van der Waals surface area contributed by atoms with Crippen molar-refractivity contribution in [2.24, 2.45) is 5.92 Å². The first-order valence-electron chi connectivity index (χ1n) is 10.0. The minimum absolute atomic E-state index is 0.202. The van der Waals surface area contributed by atoms with Gasteiger partial charge in [0.05, 0.1) is 12.5 Å². The van der Waals surface area contributed by atoms with Gasteiger partial charge in [0.2, 0.25) is 11.8 Å². The van der Waals surface area contributed by atoms with E-state index in [1.54, 1.807) is 27.7 Å². The second-order valence-electron chi connectivity index (χ2n) is 8.26. The summed E-state index contributed by atoms with van der Waals surface area (Å²) in [6.07, 6.45) is 0.744. The lowest BCUT2D eigenvalue weighted by atomic mass is 9.96. The van der Waals surface area contributed by atoms with Crippen molar-refractivity contribution in [2.45, 2.75) is 46.1 Å². The zero-order valence-corrected chi connectivity index (χ0v) is 17.8. The number of nitrogens with zero attached hydrogens (tertiary/aromatic N) is 2. The van der Waals surface area contributed by atoms with Gasteiger partial charge in [-0.05, 0) is 52.7 Å². The molecular weight excluding hydrogens is 396 g/mol. The number of piperidine rings is 1. The van der Waals surface area contributed by atoms with Crippen LogP contribution in [0.3, 0.4) is 0 Å². The van der Waals surface area contributed by atoms with Crippen LogP contribution in [0.5, 0.6) is 0 Å². The summed E-state index contributed by atoms with van der Waals surface area (Å²) in [4.78, 5) is 40.3. The molecule has 1 aliphatic rings. The van der Waals surface area contributed by atoms with Gasteiger partial charge in [-0.3, -0.25) is 9.59 Å². The number of rotatable bonds is 5. The second-order valence-corrected chi connectivity index (χ2v) is 8.26. The summed E-state index contributed by atoms with van der Waals surface area (Å²) in [5.74, 6) is -3.23. The number of anilines is 1. The molecule has 0 spiro atoms. The van der Waals surface area contributed by atoms with Gasteiger partial charge in [-0.1, -0.05) is 6.07 Å². The first-order valence-corrected chi connectivity index (χ1v) is 10.0. The molecule has 1 atom stereocenters. The number of hydrogen-bond acceptors (Lipinski definition) is 4. The van der Waals surface area contributed by atoms with E-state index >= 15 is 0 Å². The predicted molar refractivity (Wildman–Crippen MR) is 108 cm³/mol. The number of amides is 3. The Morgan fingerprint density at radius 1 is 1.23 bits per heavy atom. The summed E-state index contributed by atoms with van der Waals surface area (Å²) in [6, 6.07) is 3.27. The highest BCUT2D eigenvalue weighted by atomic mass is 19.1. The van der Waals surface area contributed by atoms with Crippen molar-refractivity contribution < 1.29 is 27.9 Å². The van der Waals surface area contributed by atoms with E-state index in [4.69, 9.17) is 4.74 Å². The van der Waals surface area contributed by atoms with E-state index in [0.717, 1.165) is 12.1 Å². The number of carbonyl (C=O) groups is 3. The molecule has 0 aliphatic carbocycles. The highest BCUT2D eigenvalue weighted by molar-refractivity contribution is 5.95. The third-order valence-corrected chi connectivity index (χ3v) is 4.68. The Labute approximate surface area is 175 Å². The first-order chi connectivity index (χ1) is 14.0. The summed E-state index contributed by atoms with van der Waals surface area (Å²) in [6.45, 7) is 7.63. The van der Waals surface area contributed by atoms with Crippen LogP contribution in [0.15, 0.2) is 18.2 Å². The normalized spacial score (nSPS) is 16.7. The van der Waals surface area contributed by atoms with Crippen molar-refractivity contribution in [3.05, 3.63) is 29.8 Å². The fourth-order valence-corrected chi connectivity index (χ4v) is 3.24. The zero-order valence-electron chi connectivity index (χ0n) is 17.8. The lowest BCUT2D eigenvalue weighted by molar-refractivity contribution is -0.139. The summed E-state index contributed by atoms with van der Waals surface area (Å²) < 4.78 is 32.8. The molecule has 1 aliphatic heterocycles. The largest absolute Gasteiger partial charge is 0.444 e. The first kappa shape index (κ1) is 23.6. The Hall–Kier alpha value is -2.71. The number of likely N-dealkylation sites (N-methyl/N-ethyl adjacent to an activating group) is 1. The quantitative estimate of drug-likeness (QED) is 0.784. The molecule has 2 rings (SSSR count). The third kappa shape index (κ3) is 6.40. The highest BCUT2D eigenvalue weighted by Gasteiger charge is 2.33. The number of benzene rings is 1. The molecule has 0 bridgehead atoms. The average molecular weight is 425 g/mol. The fraction of sp³-hybridized carbons (Fsp3) is 0.571. The number of halogens is 2. The maximum Gasteiger partial charge on any atom is 0.410 e. The van der Waals surface area contributed by atoms with Crippen LogP contribution in [0, 0.1) is 17.6 Å². The van der Waals surface area contributed by atoms with Gasteiger partial charge in [0.25, 0.3) is 0 Å². The molecule has 7 nitrogen and oxygen atoms in total. The van der Waals surface area contributed by atoms with Crippen molar-refractivity contribution in [2.75, 3.05) is 31.5 Å². The van der Waals surface area contributed by atoms with E-state index in [1.807, 2.05) is 0 Å². The average Bonchev–Trinajstić information content (AvgIpc) is 2.67. The highest BCUT2D eigenvalue weighted by Crippen LogP contribution is 2.22. The van der Waals surface area contributed by atoms with Gasteiger partial charge in [0, 0.05) is 19.6 Å². The maximum atomic E-state index is 13.7. The van der Waals surface area contributed by atoms with Crippen LogP contribution in [0.4, 0.5) is 19.3 Å². The number of carbonyl (C=O) groups excluding carboxylic acids is 3. The lowest BCUT2D eigenvalue weighted by Crippen LogP contribution is -2.49. The molecule has 30 heavy (non-hydrogen) atoms. The molecule has 0 aromatic heterocycles. The zero-order chi connectivity index (χ0) is 22.5. The topological polar surface area (TPSA) is 79.0 Å². The molecule has 3 amide bonds. The summed E-state index contributed by atoms with van der Waals surface area (Å²) in [5, 5.41) is 2.19. The molecule has 1 saturated heterocycles. The molecule has 166 valence electrons. The number of likely N-dealkylation sites (tertiary alicyclic amines) is 1. The molecular formula is C21H29F2N3O4. The van der Waals surface area contributed by atoms with E-state index in [-0.39, 0.29) is 25.5 Å². The van der Waals surface area contributed by atoms with Crippen molar-refractivity contribution in [3.63, 3.8) is 0 Å². The summed E-state index contributed by atoms with van der Waals surface area (Å²) in [7, 11) is 0. The standard InChI is InChI=1S/C21H29F2N3O4/c1-5-25(13-17(27)24-18-15(22)9-6-10-16(18)23)19(28)14-8-7-11-26(12-14)20(29)30-21(2,3)4/h6,9-10,14H,5,7-8,11-13H2,1-4H3,(H,24,27). The van der Waals surface area contributed by atoms with Gasteiger partial charge >= 0.3 is 6.09 Å². The van der Waals surface area contributed by atoms with Crippen LogP contribution >= 0.6 is 0 Å². The number of nitrogens with one attached hydrogen (secondary N) is 1. The Balaban J connectivity index is 1.99. The molecule has 0 radical (unpaired) electrons. The van der Waals surface area contributed by atoms with Crippen LogP contribution < -0.4 is 5.32 Å². The van der Waals surface area contributed by atoms with Crippen LogP contribution in [-0.2, 0) is 14.3 Å². The lowest BCUT2D eigenvalue weighted by Gasteiger charge is -2.35. The van der Waals surface area contributed by atoms with E-state index in [0.29, 0.717) is 19.4 Å². The van der Waals surface area contributed by atoms with E-state index in [2.05, 4.69) is 5.32 Å². The van der Waals surface area contributed by atoms with Crippen LogP contribution in [0.1, 0.15) is 40.5 Å². The molecule has 1 aromatic carbocycles. The second kappa shape index (κ2) is 9.86. The molecule has 1 N–H and O–H groups in total. The van der Waals surface area contributed by atoms with Crippen LogP contribution in [-0.4, -0.2) is 59.5 Å². The minimum Gasteiger partial charge on any atom is -0.444 e. The number of hydrogen-bond donors (Lipinski definition) is 1. The Kier molecular flexibility index (Phi) is 7.75. The smallest absolute Gasteiger partial charge is 0.410 e. The Bertz CT molecular complexity index is 775. The van der Waals surface area contributed by atoms with Gasteiger partial charge in [-0.2, -0.15) is 0 Å². The molecule has 1 unspecified atom stereocenters. The molecule has 1 fully saturated rings. The summed E-state index contributed by atoms with van der Waals surface area (Å²) >= 11 is 0. The predicted octanol–water partition coefficient (Wildman–Crippen LogP) is 3.40. The molecule has 9 heteroatoms. The number of para-hydroxylation sites is 1. The van der Waals surface area contributed by atoms with E-state index in [1.165, 1.54) is 15.9 Å². The monoisotopic (exact) mass is 425 g/mol. The van der Waals surface area contributed by atoms with E-state index in [9.17, 15) is 23.2 Å².